The second kappa shape index (κ2) is 5.52. The summed E-state index contributed by atoms with van der Waals surface area (Å²) in [5.74, 6) is -0.181. The molecule has 1 atom stereocenters. The van der Waals surface area contributed by atoms with Gasteiger partial charge in [0.15, 0.2) is 5.54 Å². The molecule has 0 saturated carbocycles. The van der Waals surface area contributed by atoms with E-state index >= 15 is 0 Å². The van der Waals surface area contributed by atoms with E-state index in [-0.39, 0.29) is 11.9 Å². The van der Waals surface area contributed by atoms with E-state index in [4.69, 9.17) is 4.74 Å². The summed E-state index contributed by atoms with van der Waals surface area (Å²) >= 11 is 0. The summed E-state index contributed by atoms with van der Waals surface area (Å²) < 4.78 is 5.28. The Morgan fingerprint density at radius 1 is 1.05 bits per heavy atom. The average Bonchev–Trinajstić information content (AvgIpc) is 2.82. The summed E-state index contributed by atoms with van der Waals surface area (Å²) in [4.78, 5) is 17.3. The number of para-hydroxylation sites is 1. The number of carbonyl (C=O) groups excluding carboxylic acids is 1. The maximum atomic E-state index is 12.9. The Morgan fingerprint density at radius 2 is 1.64 bits per heavy atom. The van der Waals surface area contributed by atoms with Crippen LogP contribution in [0.2, 0.25) is 0 Å². The molecule has 22 heavy (non-hydrogen) atoms. The molecule has 0 aromatic heterocycles. The van der Waals surface area contributed by atoms with Crippen LogP contribution in [0.3, 0.4) is 0 Å². The van der Waals surface area contributed by atoms with Crippen molar-refractivity contribution >= 4 is 17.6 Å². The first-order valence-electron chi connectivity index (χ1n) is 7.01. The molecule has 5 nitrogen and oxygen atoms in total. The Labute approximate surface area is 129 Å². The van der Waals surface area contributed by atoms with Crippen LogP contribution in [-0.2, 0) is 15.1 Å². The molecule has 1 N–H and O–H groups in total. The minimum atomic E-state index is -0.992. The number of anilines is 1. The zero-order chi connectivity index (χ0) is 15.6. The number of amidine groups is 1. The molecule has 0 saturated heterocycles. The second-order valence-electron chi connectivity index (χ2n) is 5.16. The summed E-state index contributed by atoms with van der Waals surface area (Å²) in [7, 11) is 1.50. The SMILES string of the molecule is COC1=NC(C)(c2ccccc2)C(=O)N1Nc1ccccc1. The van der Waals surface area contributed by atoms with E-state index in [1.165, 1.54) is 12.1 Å². The summed E-state index contributed by atoms with van der Waals surface area (Å²) in [6.45, 7) is 1.79. The van der Waals surface area contributed by atoms with Crippen LogP contribution in [0, 0.1) is 0 Å². The standard InChI is InChI=1S/C17H17N3O2/c1-17(13-9-5-3-6-10-13)15(21)20(16(18-17)22-2)19-14-11-7-4-8-12-14/h3-12,19H,1-2H3. The first-order chi connectivity index (χ1) is 10.6. The molecule has 0 bridgehead atoms. The van der Waals surface area contributed by atoms with Crippen LogP contribution in [-0.4, -0.2) is 24.0 Å². The minimum absolute atomic E-state index is 0.181. The third-order valence-corrected chi connectivity index (χ3v) is 3.66. The number of carbonyl (C=O) groups is 1. The second-order valence-corrected chi connectivity index (χ2v) is 5.16. The van der Waals surface area contributed by atoms with Gasteiger partial charge in [0.2, 0.25) is 0 Å². The number of hydrazine groups is 1. The maximum absolute atomic E-state index is 12.9. The first-order valence-corrected chi connectivity index (χ1v) is 7.01. The average molecular weight is 295 g/mol. The lowest BCUT2D eigenvalue weighted by molar-refractivity contribution is -0.130. The number of rotatable bonds is 3. The Kier molecular flexibility index (Phi) is 3.55. The third kappa shape index (κ3) is 2.30. The van der Waals surface area contributed by atoms with Crippen molar-refractivity contribution in [3.63, 3.8) is 0 Å². The summed E-state index contributed by atoms with van der Waals surface area (Å²) in [6, 6.07) is 19.2. The van der Waals surface area contributed by atoms with E-state index in [0.29, 0.717) is 0 Å². The van der Waals surface area contributed by atoms with E-state index in [2.05, 4.69) is 10.4 Å². The monoisotopic (exact) mass is 295 g/mol. The van der Waals surface area contributed by atoms with Crippen molar-refractivity contribution in [3.8, 4) is 0 Å². The van der Waals surface area contributed by atoms with Gasteiger partial charge in [0.1, 0.15) is 0 Å². The summed E-state index contributed by atoms with van der Waals surface area (Å²) in [5.41, 5.74) is 3.67. The van der Waals surface area contributed by atoms with Gasteiger partial charge in [0, 0.05) is 0 Å². The van der Waals surface area contributed by atoms with Crippen molar-refractivity contribution in [1.82, 2.24) is 5.01 Å². The number of ether oxygens (including phenoxy) is 1. The lowest BCUT2D eigenvalue weighted by Gasteiger charge is -2.23. The van der Waals surface area contributed by atoms with Gasteiger partial charge < -0.3 is 4.74 Å². The number of nitrogens with zero attached hydrogens (tertiary/aromatic N) is 2. The van der Waals surface area contributed by atoms with Crippen LogP contribution in [0.15, 0.2) is 65.7 Å². The van der Waals surface area contributed by atoms with Crippen LogP contribution in [0.5, 0.6) is 0 Å². The fourth-order valence-corrected chi connectivity index (χ4v) is 2.42. The third-order valence-electron chi connectivity index (χ3n) is 3.66. The Bertz CT molecular complexity index is 700. The Balaban J connectivity index is 1.94. The van der Waals surface area contributed by atoms with E-state index in [1.807, 2.05) is 60.7 Å². The molecule has 3 rings (SSSR count). The lowest BCUT2D eigenvalue weighted by atomic mass is 9.92. The smallest absolute Gasteiger partial charge is 0.315 e. The number of benzene rings is 2. The van der Waals surface area contributed by atoms with Gasteiger partial charge in [-0.05, 0) is 24.6 Å². The molecule has 5 heteroatoms. The number of methoxy groups -OCH3 is 1. The molecule has 1 amide bonds. The molecule has 1 aliphatic heterocycles. The molecule has 0 radical (unpaired) electrons. The number of aliphatic imine (C=N–C) groups is 1. The fourth-order valence-electron chi connectivity index (χ4n) is 2.42. The van der Waals surface area contributed by atoms with Gasteiger partial charge in [-0.15, -0.1) is 0 Å². The molecule has 112 valence electrons. The molecule has 1 aliphatic rings. The van der Waals surface area contributed by atoms with E-state index in [1.54, 1.807) is 6.92 Å². The predicted molar refractivity (Wildman–Crippen MR) is 85.1 cm³/mol. The number of hydrogen-bond acceptors (Lipinski definition) is 4. The van der Waals surface area contributed by atoms with Gasteiger partial charge in [0.25, 0.3) is 5.91 Å². The zero-order valence-corrected chi connectivity index (χ0v) is 12.5. The molecular weight excluding hydrogens is 278 g/mol. The summed E-state index contributed by atoms with van der Waals surface area (Å²) in [5, 5.41) is 1.35. The highest BCUT2D eigenvalue weighted by Gasteiger charge is 2.47. The van der Waals surface area contributed by atoms with E-state index in [0.717, 1.165) is 11.3 Å². The largest absolute Gasteiger partial charge is 0.467 e. The molecule has 0 aliphatic carbocycles. The van der Waals surface area contributed by atoms with Crippen molar-refractivity contribution < 1.29 is 9.53 Å². The van der Waals surface area contributed by atoms with Crippen LogP contribution < -0.4 is 5.43 Å². The highest BCUT2D eigenvalue weighted by atomic mass is 16.5. The molecule has 1 unspecified atom stereocenters. The highest BCUT2D eigenvalue weighted by molar-refractivity contribution is 6.06. The van der Waals surface area contributed by atoms with Crippen molar-refractivity contribution in [2.45, 2.75) is 12.5 Å². The molecule has 2 aromatic carbocycles. The van der Waals surface area contributed by atoms with Gasteiger partial charge in [-0.3, -0.25) is 10.2 Å². The van der Waals surface area contributed by atoms with Gasteiger partial charge in [-0.1, -0.05) is 48.5 Å². The predicted octanol–water partition coefficient (Wildman–Crippen LogP) is 2.77. The number of nitrogens with one attached hydrogen (secondary N) is 1. The Hall–Kier alpha value is -2.82. The van der Waals surface area contributed by atoms with E-state index in [9.17, 15) is 4.79 Å². The van der Waals surface area contributed by atoms with Crippen LogP contribution >= 0.6 is 0 Å². The van der Waals surface area contributed by atoms with Gasteiger partial charge >= 0.3 is 6.02 Å². The van der Waals surface area contributed by atoms with Crippen LogP contribution in [0.1, 0.15) is 12.5 Å². The number of hydrogen-bond donors (Lipinski definition) is 1. The lowest BCUT2D eigenvalue weighted by Crippen LogP contribution is -2.43. The van der Waals surface area contributed by atoms with Crippen molar-refractivity contribution in [1.29, 1.82) is 0 Å². The van der Waals surface area contributed by atoms with Crippen LogP contribution in [0.25, 0.3) is 0 Å². The fraction of sp³-hybridized carbons (Fsp3) is 0.176. The molecule has 1 heterocycles. The number of amides is 1. The molecule has 0 fully saturated rings. The normalized spacial score (nSPS) is 20.7. The first kappa shape index (κ1) is 14.1. The molecule has 2 aromatic rings. The summed E-state index contributed by atoms with van der Waals surface area (Å²) in [6.07, 6.45) is 0. The zero-order valence-electron chi connectivity index (χ0n) is 12.5. The molecular formula is C17H17N3O2. The Morgan fingerprint density at radius 3 is 2.23 bits per heavy atom. The van der Waals surface area contributed by atoms with Crippen LogP contribution in [0.4, 0.5) is 5.69 Å². The van der Waals surface area contributed by atoms with Gasteiger partial charge in [0.05, 0.1) is 12.8 Å². The van der Waals surface area contributed by atoms with E-state index < -0.39 is 5.54 Å². The maximum Gasteiger partial charge on any atom is 0.315 e. The van der Waals surface area contributed by atoms with Crippen molar-refractivity contribution in [2.75, 3.05) is 12.5 Å². The van der Waals surface area contributed by atoms with Gasteiger partial charge in [-0.2, -0.15) is 5.01 Å². The highest BCUT2D eigenvalue weighted by Crippen LogP contribution is 2.33. The topological polar surface area (TPSA) is 53.9 Å². The van der Waals surface area contributed by atoms with Gasteiger partial charge in [-0.25, -0.2) is 4.99 Å². The minimum Gasteiger partial charge on any atom is -0.467 e. The molecule has 0 spiro atoms. The van der Waals surface area contributed by atoms with Crippen molar-refractivity contribution in [2.24, 2.45) is 4.99 Å². The van der Waals surface area contributed by atoms with Crippen molar-refractivity contribution in [3.05, 3.63) is 66.2 Å². The quantitative estimate of drug-likeness (QED) is 0.947.